The summed E-state index contributed by atoms with van der Waals surface area (Å²) in [7, 11) is 0. The standard InChI is InChI=1S/C11H17NO2/c12-11(6-2-1-3-7-11)10(13)9-5-4-8-14-9/h4-5,8,10,13H,1-3,6-7,12H2. The molecule has 3 heteroatoms. The number of nitrogens with two attached hydrogens (primary N) is 1. The van der Waals surface area contributed by atoms with Crippen molar-refractivity contribution in [2.24, 2.45) is 5.73 Å². The maximum atomic E-state index is 10.1. The number of aliphatic hydroxyl groups excluding tert-OH is 1. The highest BCUT2D eigenvalue weighted by Gasteiger charge is 2.37. The minimum atomic E-state index is -0.655. The zero-order chi connectivity index (χ0) is 10.0. The fourth-order valence-electron chi connectivity index (χ4n) is 2.21. The molecule has 1 saturated carbocycles. The quantitative estimate of drug-likeness (QED) is 0.758. The third-order valence-electron chi connectivity index (χ3n) is 3.14. The van der Waals surface area contributed by atoms with Crippen molar-refractivity contribution >= 4 is 0 Å². The third kappa shape index (κ3) is 1.70. The Hall–Kier alpha value is -0.800. The van der Waals surface area contributed by atoms with Gasteiger partial charge >= 0.3 is 0 Å². The smallest absolute Gasteiger partial charge is 0.134 e. The summed E-state index contributed by atoms with van der Waals surface area (Å²) in [5, 5.41) is 10.1. The first-order valence-electron chi connectivity index (χ1n) is 5.23. The Bertz CT molecular complexity index is 275. The summed E-state index contributed by atoms with van der Waals surface area (Å²) in [6.45, 7) is 0. The highest BCUT2D eigenvalue weighted by molar-refractivity contribution is 5.10. The molecule has 0 bridgehead atoms. The van der Waals surface area contributed by atoms with Crippen LogP contribution in [-0.2, 0) is 0 Å². The van der Waals surface area contributed by atoms with E-state index in [9.17, 15) is 5.11 Å². The van der Waals surface area contributed by atoms with Gasteiger partial charge in [-0.2, -0.15) is 0 Å². The normalized spacial score (nSPS) is 23.3. The average molecular weight is 195 g/mol. The molecule has 1 aliphatic rings. The summed E-state index contributed by atoms with van der Waals surface area (Å²) in [5.41, 5.74) is 5.71. The van der Waals surface area contributed by atoms with E-state index < -0.39 is 11.6 Å². The molecule has 78 valence electrons. The van der Waals surface area contributed by atoms with E-state index in [-0.39, 0.29) is 0 Å². The van der Waals surface area contributed by atoms with Gasteiger partial charge in [-0.1, -0.05) is 19.3 Å². The van der Waals surface area contributed by atoms with Crippen LogP contribution in [0.2, 0.25) is 0 Å². The van der Waals surface area contributed by atoms with Gasteiger partial charge in [-0.15, -0.1) is 0 Å². The zero-order valence-electron chi connectivity index (χ0n) is 8.28. The van der Waals surface area contributed by atoms with Gasteiger partial charge in [0, 0.05) is 5.54 Å². The van der Waals surface area contributed by atoms with E-state index in [2.05, 4.69) is 0 Å². The van der Waals surface area contributed by atoms with E-state index in [1.165, 1.54) is 6.42 Å². The summed E-state index contributed by atoms with van der Waals surface area (Å²) in [4.78, 5) is 0. The van der Waals surface area contributed by atoms with Crippen molar-refractivity contribution in [3.63, 3.8) is 0 Å². The summed E-state index contributed by atoms with van der Waals surface area (Å²) in [5.74, 6) is 0.592. The number of hydrogen-bond acceptors (Lipinski definition) is 3. The second kappa shape index (κ2) is 3.75. The molecule has 0 spiro atoms. The van der Waals surface area contributed by atoms with Crippen molar-refractivity contribution in [1.29, 1.82) is 0 Å². The molecule has 1 aromatic rings. The molecule has 1 fully saturated rings. The average Bonchev–Trinajstić information content (AvgIpc) is 2.70. The van der Waals surface area contributed by atoms with E-state index in [1.54, 1.807) is 18.4 Å². The molecular weight excluding hydrogens is 178 g/mol. The lowest BCUT2D eigenvalue weighted by Gasteiger charge is -2.36. The van der Waals surface area contributed by atoms with Gasteiger partial charge in [-0.25, -0.2) is 0 Å². The molecule has 3 N–H and O–H groups in total. The van der Waals surface area contributed by atoms with Crippen LogP contribution in [0.15, 0.2) is 22.8 Å². The Balaban J connectivity index is 2.13. The van der Waals surface area contributed by atoms with E-state index >= 15 is 0 Å². The highest BCUT2D eigenvalue weighted by atomic mass is 16.4. The van der Waals surface area contributed by atoms with Crippen LogP contribution in [-0.4, -0.2) is 10.6 Å². The Morgan fingerprint density at radius 2 is 2.07 bits per heavy atom. The second-order valence-electron chi connectivity index (χ2n) is 4.21. The van der Waals surface area contributed by atoms with Crippen molar-refractivity contribution in [3.05, 3.63) is 24.2 Å². The highest BCUT2D eigenvalue weighted by Crippen LogP contribution is 2.36. The SMILES string of the molecule is NC1(C(O)c2ccco2)CCCCC1. The Labute approximate surface area is 83.9 Å². The van der Waals surface area contributed by atoms with E-state index in [4.69, 9.17) is 10.2 Å². The second-order valence-corrected chi connectivity index (χ2v) is 4.21. The molecule has 0 saturated heterocycles. The zero-order valence-corrected chi connectivity index (χ0v) is 8.28. The van der Waals surface area contributed by atoms with Crippen LogP contribution in [0.5, 0.6) is 0 Å². The van der Waals surface area contributed by atoms with Crippen molar-refractivity contribution in [2.45, 2.75) is 43.7 Å². The fraction of sp³-hybridized carbons (Fsp3) is 0.636. The van der Waals surface area contributed by atoms with Gasteiger partial charge in [-0.05, 0) is 25.0 Å². The molecule has 3 nitrogen and oxygen atoms in total. The largest absolute Gasteiger partial charge is 0.467 e. The molecule has 1 aromatic heterocycles. The summed E-state index contributed by atoms with van der Waals surface area (Å²) in [6.07, 6.45) is 6.12. The molecule has 0 radical (unpaired) electrons. The molecule has 0 aromatic carbocycles. The van der Waals surface area contributed by atoms with Crippen molar-refractivity contribution < 1.29 is 9.52 Å². The summed E-state index contributed by atoms with van der Waals surface area (Å²) in [6, 6.07) is 3.57. The van der Waals surface area contributed by atoms with Crippen LogP contribution in [0.25, 0.3) is 0 Å². The predicted octanol–water partition coefficient (Wildman–Crippen LogP) is 1.97. The van der Waals surface area contributed by atoms with Crippen LogP contribution in [0.1, 0.15) is 44.0 Å². The lowest BCUT2D eigenvalue weighted by molar-refractivity contribution is 0.0415. The lowest BCUT2D eigenvalue weighted by Crippen LogP contribution is -2.47. The maximum Gasteiger partial charge on any atom is 0.134 e. The van der Waals surface area contributed by atoms with Crippen molar-refractivity contribution in [2.75, 3.05) is 0 Å². The minimum absolute atomic E-state index is 0.476. The monoisotopic (exact) mass is 195 g/mol. The molecular formula is C11H17NO2. The molecule has 0 amide bonds. The minimum Gasteiger partial charge on any atom is -0.467 e. The van der Waals surface area contributed by atoms with Gasteiger partial charge in [0.15, 0.2) is 0 Å². The van der Waals surface area contributed by atoms with Gasteiger partial charge in [0.1, 0.15) is 11.9 Å². The van der Waals surface area contributed by atoms with Gasteiger partial charge < -0.3 is 15.3 Å². The molecule has 14 heavy (non-hydrogen) atoms. The molecule has 0 aliphatic heterocycles. The van der Waals surface area contributed by atoms with Crippen molar-refractivity contribution in [3.8, 4) is 0 Å². The molecule has 2 rings (SSSR count). The molecule has 1 heterocycles. The van der Waals surface area contributed by atoms with E-state index in [1.807, 2.05) is 0 Å². The predicted molar refractivity (Wildman–Crippen MR) is 53.7 cm³/mol. The Morgan fingerprint density at radius 1 is 1.36 bits per heavy atom. The van der Waals surface area contributed by atoms with Crippen LogP contribution in [0.4, 0.5) is 0 Å². The molecule has 1 aliphatic carbocycles. The number of rotatable bonds is 2. The summed E-state index contributed by atoms with van der Waals surface area (Å²) >= 11 is 0. The van der Waals surface area contributed by atoms with Crippen molar-refractivity contribution in [1.82, 2.24) is 0 Å². The number of furan rings is 1. The molecule has 1 atom stereocenters. The number of hydrogen-bond donors (Lipinski definition) is 2. The maximum absolute atomic E-state index is 10.1. The Kier molecular flexibility index (Phi) is 2.61. The molecule has 1 unspecified atom stereocenters. The van der Waals surface area contributed by atoms with Crippen LogP contribution < -0.4 is 5.73 Å². The van der Waals surface area contributed by atoms with Gasteiger partial charge in [0.2, 0.25) is 0 Å². The Morgan fingerprint density at radius 3 is 2.64 bits per heavy atom. The third-order valence-corrected chi connectivity index (χ3v) is 3.14. The van der Waals surface area contributed by atoms with Crippen LogP contribution in [0.3, 0.4) is 0 Å². The summed E-state index contributed by atoms with van der Waals surface area (Å²) < 4.78 is 5.18. The van der Waals surface area contributed by atoms with Crippen LogP contribution in [0, 0.1) is 0 Å². The van der Waals surface area contributed by atoms with Gasteiger partial charge in [-0.3, -0.25) is 0 Å². The number of aliphatic hydroxyl groups is 1. The first-order chi connectivity index (χ1) is 6.72. The van der Waals surface area contributed by atoms with Crippen LogP contribution >= 0.6 is 0 Å². The topological polar surface area (TPSA) is 59.4 Å². The van der Waals surface area contributed by atoms with Gasteiger partial charge in [0.05, 0.1) is 6.26 Å². The lowest BCUT2D eigenvalue weighted by atomic mass is 9.78. The van der Waals surface area contributed by atoms with E-state index in [0.717, 1.165) is 25.7 Å². The first kappa shape index (κ1) is 9.74. The van der Waals surface area contributed by atoms with E-state index in [0.29, 0.717) is 5.76 Å². The fourth-order valence-corrected chi connectivity index (χ4v) is 2.21. The first-order valence-corrected chi connectivity index (χ1v) is 5.23. The van der Waals surface area contributed by atoms with Gasteiger partial charge in [0.25, 0.3) is 0 Å².